The number of carbonyl (C=O) groups is 1. The van der Waals surface area contributed by atoms with Gasteiger partial charge in [0.05, 0.1) is 19.3 Å². The molecule has 0 unspecified atom stereocenters. The summed E-state index contributed by atoms with van der Waals surface area (Å²) < 4.78 is 5.35. The van der Waals surface area contributed by atoms with Gasteiger partial charge >= 0.3 is 0 Å². The van der Waals surface area contributed by atoms with Crippen LogP contribution in [0.25, 0.3) is 0 Å². The minimum Gasteiger partial charge on any atom is -0.495 e. The van der Waals surface area contributed by atoms with Crippen LogP contribution < -0.4 is 15.4 Å². The number of benzene rings is 1. The maximum atomic E-state index is 12.2. The van der Waals surface area contributed by atoms with E-state index in [4.69, 9.17) is 10.5 Å². The van der Waals surface area contributed by atoms with Gasteiger partial charge in [0.1, 0.15) is 5.75 Å². The molecule has 1 aliphatic heterocycles. The van der Waals surface area contributed by atoms with Crippen molar-refractivity contribution < 1.29 is 9.53 Å². The van der Waals surface area contributed by atoms with Gasteiger partial charge in [-0.05, 0) is 24.6 Å². The summed E-state index contributed by atoms with van der Waals surface area (Å²) in [5, 5.41) is 0. The van der Waals surface area contributed by atoms with Gasteiger partial charge in [-0.3, -0.25) is 9.69 Å². The van der Waals surface area contributed by atoms with Gasteiger partial charge in [0, 0.05) is 26.2 Å². The molecule has 1 fully saturated rings. The van der Waals surface area contributed by atoms with Crippen LogP contribution in [0.5, 0.6) is 5.75 Å². The lowest BCUT2D eigenvalue weighted by molar-refractivity contribution is -0.121. The molecule has 5 nitrogen and oxygen atoms in total. The van der Waals surface area contributed by atoms with Crippen LogP contribution in [-0.4, -0.2) is 50.6 Å². The van der Waals surface area contributed by atoms with Gasteiger partial charge in [0.2, 0.25) is 5.91 Å². The van der Waals surface area contributed by atoms with Gasteiger partial charge < -0.3 is 15.4 Å². The van der Waals surface area contributed by atoms with Crippen molar-refractivity contribution in [3.05, 3.63) is 23.8 Å². The fraction of sp³-hybridized carbons (Fsp3) is 0.500. The fourth-order valence-corrected chi connectivity index (χ4v) is 2.36. The minimum atomic E-state index is 0.101. The second-order valence-electron chi connectivity index (χ2n) is 4.79. The van der Waals surface area contributed by atoms with Crippen molar-refractivity contribution in [1.29, 1.82) is 0 Å². The zero-order valence-corrected chi connectivity index (χ0v) is 11.6. The second-order valence-corrected chi connectivity index (χ2v) is 4.79. The van der Waals surface area contributed by atoms with Crippen molar-refractivity contribution in [2.45, 2.75) is 6.92 Å². The van der Waals surface area contributed by atoms with Crippen molar-refractivity contribution in [3.63, 3.8) is 0 Å². The summed E-state index contributed by atoms with van der Waals surface area (Å²) in [7, 11) is 1.63. The van der Waals surface area contributed by atoms with Gasteiger partial charge in [-0.1, -0.05) is 6.07 Å². The molecule has 2 N–H and O–H groups in total. The summed E-state index contributed by atoms with van der Waals surface area (Å²) in [6.07, 6.45) is 0. The molecule has 1 heterocycles. The first kappa shape index (κ1) is 13.8. The number of aryl methyl sites for hydroxylation is 1. The van der Waals surface area contributed by atoms with Crippen molar-refractivity contribution in [2.24, 2.45) is 5.73 Å². The molecule has 1 saturated heterocycles. The van der Waals surface area contributed by atoms with E-state index in [1.165, 1.54) is 0 Å². The highest BCUT2D eigenvalue weighted by molar-refractivity contribution is 5.97. The summed E-state index contributed by atoms with van der Waals surface area (Å²) in [6.45, 7) is 5.32. The van der Waals surface area contributed by atoms with Gasteiger partial charge in [0.25, 0.3) is 0 Å². The van der Waals surface area contributed by atoms with Crippen LogP contribution >= 0.6 is 0 Å². The fourth-order valence-electron chi connectivity index (χ4n) is 2.36. The highest BCUT2D eigenvalue weighted by Crippen LogP contribution is 2.30. The Morgan fingerprint density at radius 1 is 1.37 bits per heavy atom. The number of methoxy groups -OCH3 is 1. The van der Waals surface area contributed by atoms with Crippen molar-refractivity contribution in [3.8, 4) is 5.75 Å². The van der Waals surface area contributed by atoms with Crippen molar-refractivity contribution in [1.82, 2.24) is 4.90 Å². The number of amides is 1. The molecule has 1 amide bonds. The number of hydrogen-bond acceptors (Lipinski definition) is 4. The topological polar surface area (TPSA) is 58.8 Å². The van der Waals surface area contributed by atoms with Gasteiger partial charge in [-0.2, -0.15) is 0 Å². The van der Waals surface area contributed by atoms with E-state index in [2.05, 4.69) is 4.90 Å². The summed E-state index contributed by atoms with van der Waals surface area (Å²) in [5.41, 5.74) is 7.51. The Balaban J connectivity index is 2.19. The molecule has 5 heteroatoms. The average molecular weight is 263 g/mol. The Kier molecular flexibility index (Phi) is 4.39. The highest BCUT2D eigenvalue weighted by atomic mass is 16.5. The number of hydrogen-bond donors (Lipinski definition) is 1. The molecular formula is C14H21N3O2. The number of piperazine rings is 1. The predicted molar refractivity (Wildman–Crippen MR) is 75.6 cm³/mol. The van der Waals surface area contributed by atoms with Crippen LogP contribution in [0.3, 0.4) is 0 Å². The first-order chi connectivity index (χ1) is 9.15. The van der Waals surface area contributed by atoms with E-state index in [0.717, 1.165) is 30.1 Å². The maximum absolute atomic E-state index is 12.2. The Bertz CT molecular complexity index is 462. The van der Waals surface area contributed by atoms with Crippen LogP contribution in [-0.2, 0) is 4.79 Å². The third kappa shape index (κ3) is 3.05. The van der Waals surface area contributed by atoms with Gasteiger partial charge in [-0.25, -0.2) is 0 Å². The molecule has 1 aliphatic rings. The third-order valence-corrected chi connectivity index (χ3v) is 3.37. The quantitative estimate of drug-likeness (QED) is 0.865. The van der Waals surface area contributed by atoms with Crippen LogP contribution in [0, 0.1) is 6.92 Å². The Morgan fingerprint density at radius 2 is 2.16 bits per heavy atom. The lowest BCUT2D eigenvalue weighted by Gasteiger charge is -2.34. The molecule has 1 aromatic carbocycles. The van der Waals surface area contributed by atoms with Crippen LogP contribution in [0.1, 0.15) is 5.56 Å². The highest BCUT2D eigenvalue weighted by Gasteiger charge is 2.26. The van der Waals surface area contributed by atoms with E-state index in [0.29, 0.717) is 19.6 Å². The average Bonchev–Trinajstić information content (AvgIpc) is 2.39. The molecule has 0 spiro atoms. The van der Waals surface area contributed by atoms with Gasteiger partial charge in [0.15, 0.2) is 0 Å². The molecule has 0 aromatic heterocycles. The number of anilines is 1. The standard InChI is InChI=1S/C14H21N3O2/c1-11-3-4-13(19-2)12(9-11)17-8-7-16(6-5-15)10-14(17)18/h3-4,9H,5-8,10,15H2,1-2H3. The maximum Gasteiger partial charge on any atom is 0.241 e. The Morgan fingerprint density at radius 3 is 2.79 bits per heavy atom. The van der Waals surface area contributed by atoms with E-state index >= 15 is 0 Å². The molecular weight excluding hydrogens is 242 g/mol. The molecule has 1 aromatic rings. The molecule has 0 atom stereocenters. The summed E-state index contributed by atoms with van der Waals surface area (Å²) >= 11 is 0. The van der Waals surface area contributed by atoms with E-state index in [1.54, 1.807) is 12.0 Å². The lowest BCUT2D eigenvalue weighted by Crippen LogP contribution is -2.51. The first-order valence-electron chi connectivity index (χ1n) is 6.53. The number of carbonyl (C=O) groups excluding carboxylic acids is 1. The largest absolute Gasteiger partial charge is 0.495 e. The zero-order valence-electron chi connectivity index (χ0n) is 11.6. The van der Waals surface area contributed by atoms with Crippen LogP contribution in [0.4, 0.5) is 5.69 Å². The molecule has 2 rings (SSSR count). The lowest BCUT2D eigenvalue weighted by atomic mass is 10.1. The number of nitrogens with zero attached hydrogens (tertiary/aromatic N) is 2. The van der Waals surface area contributed by atoms with Gasteiger partial charge in [-0.15, -0.1) is 0 Å². The number of nitrogens with two attached hydrogens (primary N) is 1. The Hall–Kier alpha value is -1.59. The minimum absolute atomic E-state index is 0.101. The number of ether oxygens (including phenoxy) is 1. The van der Waals surface area contributed by atoms with E-state index < -0.39 is 0 Å². The first-order valence-corrected chi connectivity index (χ1v) is 6.53. The summed E-state index contributed by atoms with van der Waals surface area (Å²) in [5.74, 6) is 0.842. The SMILES string of the molecule is COc1ccc(C)cc1N1CCN(CCN)CC1=O. The molecule has 0 aliphatic carbocycles. The molecule has 0 saturated carbocycles. The molecule has 19 heavy (non-hydrogen) atoms. The Labute approximate surface area is 113 Å². The van der Waals surface area contributed by atoms with E-state index in [1.807, 2.05) is 25.1 Å². The summed E-state index contributed by atoms with van der Waals surface area (Å²) in [4.78, 5) is 16.1. The molecule has 0 radical (unpaired) electrons. The van der Waals surface area contributed by atoms with Crippen molar-refractivity contribution >= 4 is 11.6 Å². The normalized spacial score (nSPS) is 16.8. The number of rotatable bonds is 4. The zero-order chi connectivity index (χ0) is 13.8. The molecule has 0 bridgehead atoms. The van der Waals surface area contributed by atoms with Crippen LogP contribution in [0.2, 0.25) is 0 Å². The predicted octanol–water partition coefficient (Wildman–Crippen LogP) is 0.611. The molecule has 104 valence electrons. The van der Waals surface area contributed by atoms with Crippen molar-refractivity contribution in [2.75, 3.05) is 44.7 Å². The van der Waals surface area contributed by atoms with E-state index in [-0.39, 0.29) is 5.91 Å². The summed E-state index contributed by atoms with van der Waals surface area (Å²) in [6, 6.07) is 5.89. The van der Waals surface area contributed by atoms with E-state index in [9.17, 15) is 4.79 Å². The smallest absolute Gasteiger partial charge is 0.241 e. The second kappa shape index (κ2) is 6.04. The monoisotopic (exact) mass is 263 g/mol. The third-order valence-electron chi connectivity index (χ3n) is 3.37. The van der Waals surface area contributed by atoms with Crippen LogP contribution in [0.15, 0.2) is 18.2 Å².